The highest BCUT2D eigenvalue weighted by Crippen LogP contribution is 2.24. The molecule has 0 atom stereocenters. The van der Waals surface area contributed by atoms with E-state index >= 15 is 0 Å². The summed E-state index contributed by atoms with van der Waals surface area (Å²) in [5, 5.41) is 3.96. The third-order valence-electron chi connectivity index (χ3n) is 3.92. The van der Waals surface area contributed by atoms with Crippen LogP contribution in [0.2, 0.25) is 0 Å². The van der Waals surface area contributed by atoms with Crippen molar-refractivity contribution in [1.29, 1.82) is 0 Å². The number of nitrogens with zero attached hydrogens (tertiary/aromatic N) is 2. The molecule has 1 heterocycles. The molecule has 3 aromatic carbocycles. The van der Waals surface area contributed by atoms with Crippen molar-refractivity contribution in [2.24, 2.45) is 0 Å². The average Bonchev–Trinajstić information content (AvgIpc) is 3.18. The monoisotopic (exact) mass is 364 g/mol. The molecule has 4 rings (SSSR count). The van der Waals surface area contributed by atoms with Crippen LogP contribution in [0.1, 0.15) is 5.56 Å². The molecule has 6 heteroatoms. The maximum absolute atomic E-state index is 13.2. The molecule has 4 aromatic rings. The minimum absolute atomic E-state index is 0.272. The van der Waals surface area contributed by atoms with Crippen LogP contribution in [-0.4, -0.2) is 10.1 Å². The fourth-order valence-corrected chi connectivity index (χ4v) is 2.54. The van der Waals surface area contributed by atoms with Crippen molar-refractivity contribution in [3.05, 3.63) is 90.0 Å². The Balaban J connectivity index is 1.45. The van der Waals surface area contributed by atoms with Gasteiger partial charge < -0.3 is 9.26 Å². The molecule has 0 aliphatic rings. The van der Waals surface area contributed by atoms with E-state index in [0.717, 1.165) is 11.1 Å². The summed E-state index contributed by atoms with van der Waals surface area (Å²) in [5.41, 5.74) is 2.15. The fraction of sp³-hybridized carbons (Fsp3) is 0.0476. The first kappa shape index (κ1) is 16.9. The zero-order chi connectivity index (χ0) is 18.6. The van der Waals surface area contributed by atoms with Crippen LogP contribution in [0.4, 0.5) is 8.78 Å². The van der Waals surface area contributed by atoms with Crippen LogP contribution in [-0.2, 0) is 6.61 Å². The van der Waals surface area contributed by atoms with E-state index in [2.05, 4.69) is 10.1 Å². The van der Waals surface area contributed by atoms with Gasteiger partial charge >= 0.3 is 0 Å². The van der Waals surface area contributed by atoms with Crippen molar-refractivity contribution in [2.45, 2.75) is 6.61 Å². The number of hydrogen-bond acceptors (Lipinski definition) is 4. The SMILES string of the molecule is Fc1ccc(-c2nc(-c3ccc(OCc4cccc(F)c4)cc3)no2)cc1. The normalized spacial score (nSPS) is 10.7. The summed E-state index contributed by atoms with van der Waals surface area (Å²) in [6.07, 6.45) is 0. The minimum Gasteiger partial charge on any atom is -0.489 e. The van der Waals surface area contributed by atoms with Crippen molar-refractivity contribution >= 4 is 0 Å². The Kier molecular flexibility index (Phi) is 4.61. The molecule has 27 heavy (non-hydrogen) atoms. The molecule has 0 spiro atoms. The van der Waals surface area contributed by atoms with Crippen LogP contribution < -0.4 is 4.74 Å². The zero-order valence-electron chi connectivity index (χ0n) is 14.1. The molecular formula is C21H14F2N2O2. The van der Waals surface area contributed by atoms with Gasteiger partial charge in [-0.05, 0) is 66.2 Å². The summed E-state index contributed by atoms with van der Waals surface area (Å²) in [6.45, 7) is 0.272. The number of aromatic nitrogens is 2. The Labute approximate surface area is 154 Å². The van der Waals surface area contributed by atoms with E-state index in [1.807, 2.05) is 0 Å². The fourth-order valence-electron chi connectivity index (χ4n) is 2.54. The molecule has 0 radical (unpaired) electrons. The maximum Gasteiger partial charge on any atom is 0.258 e. The van der Waals surface area contributed by atoms with Crippen LogP contribution in [0.25, 0.3) is 22.8 Å². The highest BCUT2D eigenvalue weighted by Gasteiger charge is 2.11. The third kappa shape index (κ3) is 4.00. The lowest BCUT2D eigenvalue weighted by Gasteiger charge is -2.06. The Hall–Kier alpha value is -3.54. The lowest BCUT2D eigenvalue weighted by Crippen LogP contribution is -1.95. The quantitative estimate of drug-likeness (QED) is 0.485. The highest BCUT2D eigenvalue weighted by atomic mass is 19.1. The predicted octanol–water partition coefficient (Wildman–Crippen LogP) is 5.26. The Bertz CT molecular complexity index is 1040. The second kappa shape index (κ2) is 7.37. The molecule has 0 N–H and O–H groups in total. The van der Waals surface area contributed by atoms with E-state index in [0.29, 0.717) is 23.0 Å². The lowest BCUT2D eigenvalue weighted by atomic mass is 10.2. The first-order valence-corrected chi connectivity index (χ1v) is 8.25. The Morgan fingerprint density at radius 3 is 2.30 bits per heavy atom. The Morgan fingerprint density at radius 1 is 0.815 bits per heavy atom. The van der Waals surface area contributed by atoms with Gasteiger partial charge in [0.1, 0.15) is 24.0 Å². The van der Waals surface area contributed by atoms with Crippen molar-refractivity contribution in [3.63, 3.8) is 0 Å². The van der Waals surface area contributed by atoms with E-state index in [-0.39, 0.29) is 18.2 Å². The lowest BCUT2D eigenvalue weighted by molar-refractivity contribution is 0.305. The van der Waals surface area contributed by atoms with E-state index in [4.69, 9.17) is 9.26 Å². The third-order valence-corrected chi connectivity index (χ3v) is 3.92. The van der Waals surface area contributed by atoms with Crippen molar-refractivity contribution in [2.75, 3.05) is 0 Å². The summed E-state index contributed by atoms with van der Waals surface area (Å²) < 4.78 is 37.1. The van der Waals surface area contributed by atoms with Gasteiger partial charge in [-0.15, -0.1) is 0 Å². The van der Waals surface area contributed by atoms with Gasteiger partial charge in [0.05, 0.1) is 0 Å². The molecule has 0 saturated carbocycles. The van der Waals surface area contributed by atoms with Crippen LogP contribution >= 0.6 is 0 Å². The molecule has 4 nitrogen and oxygen atoms in total. The largest absolute Gasteiger partial charge is 0.489 e. The summed E-state index contributed by atoms with van der Waals surface area (Å²) in [4.78, 5) is 4.33. The second-order valence-corrected chi connectivity index (χ2v) is 5.87. The van der Waals surface area contributed by atoms with Gasteiger partial charge in [-0.3, -0.25) is 0 Å². The van der Waals surface area contributed by atoms with Crippen molar-refractivity contribution < 1.29 is 18.0 Å². The smallest absolute Gasteiger partial charge is 0.258 e. The van der Waals surface area contributed by atoms with E-state index in [9.17, 15) is 8.78 Å². The first-order chi connectivity index (χ1) is 13.2. The van der Waals surface area contributed by atoms with Crippen LogP contribution in [0, 0.1) is 11.6 Å². The Morgan fingerprint density at radius 2 is 1.56 bits per heavy atom. The van der Waals surface area contributed by atoms with Crippen LogP contribution in [0.5, 0.6) is 5.75 Å². The maximum atomic E-state index is 13.2. The molecule has 0 amide bonds. The summed E-state index contributed by atoms with van der Waals surface area (Å²) >= 11 is 0. The van der Waals surface area contributed by atoms with Gasteiger partial charge in [0.25, 0.3) is 5.89 Å². The van der Waals surface area contributed by atoms with Gasteiger partial charge in [0, 0.05) is 11.1 Å². The highest BCUT2D eigenvalue weighted by molar-refractivity contribution is 5.60. The number of halogens is 2. The van der Waals surface area contributed by atoms with Gasteiger partial charge in [-0.1, -0.05) is 17.3 Å². The molecule has 0 bridgehead atoms. The summed E-state index contributed by atoms with van der Waals surface area (Å²) in [7, 11) is 0. The van der Waals surface area contributed by atoms with Crippen LogP contribution in [0.15, 0.2) is 77.3 Å². The average molecular weight is 364 g/mol. The second-order valence-electron chi connectivity index (χ2n) is 5.87. The topological polar surface area (TPSA) is 48.2 Å². The van der Waals surface area contributed by atoms with Crippen molar-refractivity contribution in [3.8, 4) is 28.6 Å². The van der Waals surface area contributed by atoms with E-state index in [1.54, 1.807) is 48.5 Å². The molecular weight excluding hydrogens is 350 g/mol. The standard InChI is InChI=1S/C21H14F2N2O2/c22-17-8-4-16(5-9-17)21-24-20(25-27-21)15-6-10-19(11-7-15)26-13-14-2-1-3-18(23)12-14/h1-12H,13H2. The number of hydrogen-bond donors (Lipinski definition) is 0. The summed E-state index contributed by atoms with van der Waals surface area (Å²) in [6, 6.07) is 19.3. The molecule has 0 fully saturated rings. The number of ether oxygens (including phenoxy) is 1. The molecule has 0 saturated heterocycles. The molecule has 0 aliphatic heterocycles. The molecule has 0 aliphatic carbocycles. The van der Waals surface area contributed by atoms with Gasteiger partial charge in [0.2, 0.25) is 5.82 Å². The number of benzene rings is 3. The van der Waals surface area contributed by atoms with Crippen LogP contribution in [0.3, 0.4) is 0 Å². The minimum atomic E-state index is -0.327. The van der Waals surface area contributed by atoms with E-state index < -0.39 is 0 Å². The molecule has 0 unspecified atom stereocenters. The van der Waals surface area contributed by atoms with E-state index in [1.165, 1.54) is 24.3 Å². The van der Waals surface area contributed by atoms with Gasteiger partial charge in [0.15, 0.2) is 0 Å². The number of rotatable bonds is 5. The predicted molar refractivity (Wildman–Crippen MR) is 95.9 cm³/mol. The van der Waals surface area contributed by atoms with Gasteiger partial charge in [-0.2, -0.15) is 4.98 Å². The molecule has 134 valence electrons. The van der Waals surface area contributed by atoms with Gasteiger partial charge in [-0.25, -0.2) is 8.78 Å². The zero-order valence-corrected chi connectivity index (χ0v) is 14.1. The summed E-state index contributed by atoms with van der Waals surface area (Å²) in [5.74, 6) is 0.764. The first-order valence-electron chi connectivity index (χ1n) is 8.25. The van der Waals surface area contributed by atoms with Crippen molar-refractivity contribution in [1.82, 2.24) is 10.1 Å². The molecule has 1 aromatic heterocycles.